The Labute approximate surface area is 425 Å². The molecule has 1 aliphatic rings. The SMILES string of the molecule is CC/C=C/C=C/C=C/C=C\CCCCCCC(O)C(=O)NC(COC1OC(CO)C(O)C(O)C1OC(=O)CCCCCC/C=C/C/C=C/C/C=C/CC)C(O)/C=C/CCCCCCCCCCCCC. The van der Waals surface area contributed by atoms with Gasteiger partial charge in [-0.15, -0.1) is 0 Å². The van der Waals surface area contributed by atoms with Crippen molar-refractivity contribution in [3.8, 4) is 0 Å². The first-order chi connectivity index (χ1) is 34.2. The number of hydrogen-bond donors (Lipinski definition) is 6. The molecular formula is C59H99NO10. The van der Waals surface area contributed by atoms with Crippen molar-refractivity contribution in [3.63, 3.8) is 0 Å². The minimum Gasteiger partial charge on any atom is -0.454 e. The Bertz CT molecular complexity index is 1500. The molecule has 1 aliphatic heterocycles. The summed E-state index contributed by atoms with van der Waals surface area (Å²) in [5.41, 5.74) is 0. The molecule has 1 saturated heterocycles. The van der Waals surface area contributed by atoms with E-state index >= 15 is 0 Å². The second-order valence-corrected chi connectivity index (χ2v) is 18.6. The average molecular weight is 982 g/mol. The number of allylic oxidation sites excluding steroid dienone is 15. The van der Waals surface area contributed by atoms with E-state index in [0.29, 0.717) is 12.8 Å². The number of carbonyl (C=O) groups excluding carboxylic acids is 2. The fourth-order valence-corrected chi connectivity index (χ4v) is 7.97. The summed E-state index contributed by atoms with van der Waals surface area (Å²) < 4.78 is 17.5. The van der Waals surface area contributed by atoms with Crippen LogP contribution in [0.2, 0.25) is 0 Å². The largest absolute Gasteiger partial charge is 0.454 e. The molecule has 0 spiro atoms. The van der Waals surface area contributed by atoms with E-state index in [2.05, 4.69) is 74.7 Å². The lowest BCUT2D eigenvalue weighted by Crippen LogP contribution is -2.61. The maximum absolute atomic E-state index is 13.3. The lowest BCUT2D eigenvalue weighted by Gasteiger charge is -2.41. The average Bonchev–Trinajstić information content (AvgIpc) is 3.36. The molecule has 6 N–H and O–H groups in total. The Morgan fingerprint density at radius 3 is 1.71 bits per heavy atom. The Morgan fingerprint density at radius 1 is 0.586 bits per heavy atom. The molecule has 0 aromatic heterocycles. The van der Waals surface area contributed by atoms with Gasteiger partial charge in [0.1, 0.15) is 24.4 Å². The molecule has 0 aromatic rings. The van der Waals surface area contributed by atoms with Crippen molar-refractivity contribution in [1.82, 2.24) is 5.32 Å². The van der Waals surface area contributed by atoms with Crippen LogP contribution >= 0.6 is 0 Å². The maximum atomic E-state index is 13.3. The van der Waals surface area contributed by atoms with E-state index in [0.717, 1.165) is 103 Å². The number of aliphatic hydroxyl groups excluding tert-OH is 5. The van der Waals surface area contributed by atoms with Gasteiger partial charge in [0.25, 0.3) is 0 Å². The van der Waals surface area contributed by atoms with Crippen LogP contribution in [0.25, 0.3) is 0 Å². The van der Waals surface area contributed by atoms with Gasteiger partial charge in [0.15, 0.2) is 12.4 Å². The molecule has 8 unspecified atom stereocenters. The number of nitrogens with one attached hydrogen (secondary N) is 1. The third-order valence-corrected chi connectivity index (χ3v) is 12.3. The highest BCUT2D eigenvalue weighted by atomic mass is 16.7. The lowest BCUT2D eigenvalue weighted by molar-refractivity contribution is -0.305. The zero-order valence-corrected chi connectivity index (χ0v) is 43.8. The number of rotatable bonds is 44. The Balaban J connectivity index is 2.80. The molecule has 11 nitrogen and oxygen atoms in total. The van der Waals surface area contributed by atoms with Crippen LogP contribution in [0.15, 0.2) is 97.2 Å². The third kappa shape index (κ3) is 34.8. The summed E-state index contributed by atoms with van der Waals surface area (Å²) >= 11 is 0. The molecule has 11 heteroatoms. The van der Waals surface area contributed by atoms with E-state index in [1.807, 2.05) is 42.5 Å². The van der Waals surface area contributed by atoms with Crippen LogP contribution in [0.4, 0.5) is 0 Å². The van der Waals surface area contributed by atoms with Gasteiger partial charge in [-0.25, -0.2) is 0 Å². The van der Waals surface area contributed by atoms with Crippen LogP contribution in [0.5, 0.6) is 0 Å². The van der Waals surface area contributed by atoms with Gasteiger partial charge in [-0.1, -0.05) is 214 Å². The van der Waals surface area contributed by atoms with Crippen molar-refractivity contribution in [1.29, 1.82) is 0 Å². The predicted octanol–water partition coefficient (Wildman–Crippen LogP) is 12.0. The highest BCUT2D eigenvalue weighted by Crippen LogP contribution is 2.26. The van der Waals surface area contributed by atoms with Crippen molar-refractivity contribution >= 4 is 11.9 Å². The molecule has 70 heavy (non-hydrogen) atoms. The van der Waals surface area contributed by atoms with Crippen LogP contribution in [0.3, 0.4) is 0 Å². The normalized spacial score (nSPS) is 20.5. The number of amides is 1. The number of unbranched alkanes of at least 4 members (excludes halogenated alkanes) is 19. The first-order valence-corrected chi connectivity index (χ1v) is 27.6. The van der Waals surface area contributed by atoms with Gasteiger partial charge in [0.2, 0.25) is 5.91 Å². The molecule has 400 valence electrons. The summed E-state index contributed by atoms with van der Waals surface area (Å²) in [5, 5.41) is 56.7. The van der Waals surface area contributed by atoms with E-state index in [4.69, 9.17) is 14.2 Å². The summed E-state index contributed by atoms with van der Waals surface area (Å²) in [5.74, 6) is -1.25. The fourth-order valence-electron chi connectivity index (χ4n) is 7.97. The van der Waals surface area contributed by atoms with Gasteiger partial charge in [-0.3, -0.25) is 9.59 Å². The Hall–Kier alpha value is -3.42. The van der Waals surface area contributed by atoms with Gasteiger partial charge in [0.05, 0.1) is 25.4 Å². The fraction of sp³-hybridized carbons (Fsp3) is 0.695. The second-order valence-electron chi connectivity index (χ2n) is 18.6. The molecule has 0 aliphatic carbocycles. The smallest absolute Gasteiger partial charge is 0.306 e. The topological polar surface area (TPSA) is 175 Å². The first kappa shape index (κ1) is 64.6. The van der Waals surface area contributed by atoms with Gasteiger partial charge >= 0.3 is 5.97 Å². The van der Waals surface area contributed by atoms with Crippen LogP contribution in [0.1, 0.15) is 201 Å². The molecule has 0 radical (unpaired) electrons. The van der Waals surface area contributed by atoms with Gasteiger partial charge in [-0.05, 0) is 77.0 Å². The zero-order chi connectivity index (χ0) is 51.1. The Kier molecular flexibility index (Phi) is 43.0. The number of ether oxygens (including phenoxy) is 3. The van der Waals surface area contributed by atoms with Crippen LogP contribution in [0, 0.1) is 0 Å². The van der Waals surface area contributed by atoms with Crippen molar-refractivity contribution in [2.24, 2.45) is 0 Å². The molecule has 0 bridgehead atoms. The Morgan fingerprint density at radius 2 is 1.10 bits per heavy atom. The summed E-state index contributed by atoms with van der Waals surface area (Å²) in [6, 6.07) is -1.05. The standard InChI is InChI=1S/C59H99NO10/c1-4-7-10-13-16-19-22-25-28-31-34-37-40-43-46-52(63)58(67)60-50(51(62)45-42-39-36-33-30-27-24-21-18-15-12-9-6-3)49-68-59-57(56(66)55(65)53(48-61)69-59)70-54(64)47-44-41-38-35-32-29-26-23-20-17-14-11-8-5-2/h7-8,10-11,13,16-17,19-20,22,25-26,28-29,42,45,50-53,55-57,59,61-63,65-66H,4-6,9,12,14-15,18,21,23-24,27,30-41,43-44,46-49H2,1-3H3,(H,60,67)/b10-7+,11-8+,16-13+,20-17+,22-19+,28-25-,29-26+,45-42+. The predicted molar refractivity (Wildman–Crippen MR) is 287 cm³/mol. The molecule has 1 heterocycles. The van der Waals surface area contributed by atoms with Crippen LogP contribution in [-0.4, -0.2) is 99.6 Å². The minimum atomic E-state index is -1.63. The summed E-state index contributed by atoms with van der Waals surface area (Å²) in [6.07, 6.45) is 50.2. The monoisotopic (exact) mass is 982 g/mol. The van der Waals surface area contributed by atoms with Crippen LogP contribution in [-0.2, 0) is 23.8 Å². The molecule has 0 aromatic carbocycles. The third-order valence-electron chi connectivity index (χ3n) is 12.3. The number of carbonyl (C=O) groups is 2. The number of aliphatic hydroxyl groups is 5. The maximum Gasteiger partial charge on any atom is 0.306 e. The second kappa shape index (κ2) is 46.6. The zero-order valence-electron chi connectivity index (χ0n) is 43.8. The summed E-state index contributed by atoms with van der Waals surface area (Å²) in [7, 11) is 0. The van der Waals surface area contributed by atoms with E-state index in [1.54, 1.807) is 6.08 Å². The quantitative estimate of drug-likeness (QED) is 0.0149. The van der Waals surface area contributed by atoms with Crippen LogP contribution < -0.4 is 5.32 Å². The molecule has 1 fully saturated rings. The van der Waals surface area contributed by atoms with E-state index < -0.39 is 67.4 Å². The van der Waals surface area contributed by atoms with Crippen molar-refractivity contribution in [3.05, 3.63) is 97.2 Å². The molecule has 0 saturated carbocycles. The lowest BCUT2D eigenvalue weighted by atomic mass is 9.99. The van der Waals surface area contributed by atoms with E-state index in [-0.39, 0.29) is 19.4 Å². The van der Waals surface area contributed by atoms with E-state index in [9.17, 15) is 35.1 Å². The molecule has 1 amide bonds. The highest BCUT2D eigenvalue weighted by Gasteiger charge is 2.47. The van der Waals surface area contributed by atoms with Crippen molar-refractivity contribution in [2.45, 2.75) is 250 Å². The van der Waals surface area contributed by atoms with Gasteiger partial charge in [0, 0.05) is 6.42 Å². The molecular weight excluding hydrogens is 883 g/mol. The van der Waals surface area contributed by atoms with E-state index in [1.165, 1.54) is 51.4 Å². The molecule has 1 rings (SSSR count). The molecule has 8 atom stereocenters. The van der Waals surface area contributed by atoms with Gasteiger partial charge in [-0.2, -0.15) is 0 Å². The first-order valence-electron chi connectivity index (χ1n) is 27.6. The highest BCUT2D eigenvalue weighted by molar-refractivity contribution is 5.80. The number of hydrogen-bond acceptors (Lipinski definition) is 10. The van der Waals surface area contributed by atoms with Crippen molar-refractivity contribution < 1.29 is 49.3 Å². The summed E-state index contributed by atoms with van der Waals surface area (Å²) in [4.78, 5) is 26.4. The minimum absolute atomic E-state index is 0.0893. The number of esters is 1. The summed E-state index contributed by atoms with van der Waals surface area (Å²) in [6.45, 7) is 5.47. The van der Waals surface area contributed by atoms with Crippen molar-refractivity contribution in [2.75, 3.05) is 13.2 Å². The van der Waals surface area contributed by atoms with Gasteiger partial charge < -0.3 is 45.1 Å².